The summed E-state index contributed by atoms with van der Waals surface area (Å²) in [4.78, 5) is 12.4. The van der Waals surface area contributed by atoms with E-state index in [0.29, 0.717) is 0 Å². The van der Waals surface area contributed by atoms with Gasteiger partial charge in [0.1, 0.15) is 6.26 Å². The average molecular weight is 141 g/mol. The Kier molecular flexibility index (Phi) is 1.43. The Morgan fingerprint density at radius 3 is 2.40 bits per heavy atom. The minimum absolute atomic E-state index is 0.00116. The second-order valence-electron chi connectivity index (χ2n) is 2.74. The molecule has 0 aromatic carbocycles. The Labute approximate surface area is 60.3 Å². The van der Waals surface area contributed by atoms with Crippen molar-refractivity contribution in [1.82, 2.24) is 4.90 Å². The van der Waals surface area contributed by atoms with Crippen molar-refractivity contribution in [1.29, 1.82) is 0 Å². The van der Waals surface area contributed by atoms with E-state index in [0.717, 1.165) is 0 Å². The van der Waals surface area contributed by atoms with Crippen molar-refractivity contribution in [3.05, 3.63) is 12.5 Å². The lowest BCUT2D eigenvalue weighted by Gasteiger charge is -2.28. The second-order valence-corrected chi connectivity index (χ2v) is 2.74. The van der Waals surface area contributed by atoms with Crippen LogP contribution in [-0.4, -0.2) is 16.5 Å². The average Bonchev–Trinajstić information content (AvgIpc) is 2.08. The van der Waals surface area contributed by atoms with Crippen molar-refractivity contribution in [2.24, 2.45) is 0 Å². The van der Waals surface area contributed by atoms with E-state index in [1.165, 1.54) is 13.2 Å². The van der Waals surface area contributed by atoms with E-state index in [2.05, 4.69) is 0 Å². The highest BCUT2D eigenvalue weighted by atomic mass is 16.5. The van der Waals surface area contributed by atoms with E-state index in [9.17, 15) is 4.79 Å². The van der Waals surface area contributed by atoms with E-state index < -0.39 is 5.72 Å². The van der Waals surface area contributed by atoms with Crippen molar-refractivity contribution >= 4 is 5.91 Å². The highest BCUT2D eigenvalue weighted by Crippen LogP contribution is 2.22. The predicted octanol–water partition coefficient (Wildman–Crippen LogP) is 1.07. The zero-order valence-corrected chi connectivity index (χ0v) is 6.42. The first-order valence-electron chi connectivity index (χ1n) is 3.18. The van der Waals surface area contributed by atoms with Crippen LogP contribution in [0.3, 0.4) is 0 Å². The molecular formula is C7H11NO2. The molecule has 1 amide bonds. The Hall–Kier alpha value is -0.990. The molecule has 0 bridgehead atoms. The molecule has 0 saturated carbocycles. The number of hydrogen-bond acceptors (Lipinski definition) is 2. The van der Waals surface area contributed by atoms with Crippen molar-refractivity contribution in [3.8, 4) is 0 Å². The lowest BCUT2D eigenvalue weighted by atomic mass is 10.3. The zero-order chi connectivity index (χ0) is 7.78. The van der Waals surface area contributed by atoms with Gasteiger partial charge in [-0.3, -0.25) is 9.69 Å². The number of hydrogen-bond donors (Lipinski definition) is 0. The van der Waals surface area contributed by atoms with E-state index >= 15 is 0 Å². The minimum Gasteiger partial charge on any atom is -0.474 e. The second kappa shape index (κ2) is 2.01. The molecule has 10 heavy (non-hydrogen) atoms. The molecule has 0 N–H and O–H groups in total. The van der Waals surface area contributed by atoms with Gasteiger partial charge in [0.15, 0.2) is 5.72 Å². The van der Waals surface area contributed by atoms with Gasteiger partial charge >= 0.3 is 0 Å². The van der Waals surface area contributed by atoms with Gasteiger partial charge < -0.3 is 4.74 Å². The third-order valence-electron chi connectivity index (χ3n) is 1.49. The number of carbonyl (C=O) groups excluding carboxylic acids is 1. The summed E-state index contributed by atoms with van der Waals surface area (Å²) >= 11 is 0. The van der Waals surface area contributed by atoms with Gasteiger partial charge in [-0.15, -0.1) is 0 Å². The molecule has 0 atom stereocenters. The van der Waals surface area contributed by atoms with Crippen molar-refractivity contribution in [3.63, 3.8) is 0 Å². The molecule has 0 saturated heterocycles. The maximum absolute atomic E-state index is 10.9. The Bertz CT molecular complexity index is 184. The number of ether oxygens (including phenoxy) is 1. The van der Waals surface area contributed by atoms with E-state index in [1.54, 1.807) is 11.1 Å². The molecule has 0 aliphatic carbocycles. The van der Waals surface area contributed by atoms with Crippen molar-refractivity contribution in [2.75, 3.05) is 0 Å². The summed E-state index contributed by atoms with van der Waals surface area (Å²) in [7, 11) is 0. The van der Waals surface area contributed by atoms with Crippen molar-refractivity contribution in [2.45, 2.75) is 26.5 Å². The summed E-state index contributed by atoms with van der Waals surface area (Å²) in [6, 6.07) is 0. The summed E-state index contributed by atoms with van der Waals surface area (Å²) in [6.45, 7) is 5.20. The van der Waals surface area contributed by atoms with Crippen LogP contribution in [0.15, 0.2) is 12.5 Å². The zero-order valence-electron chi connectivity index (χ0n) is 6.42. The Morgan fingerprint density at radius 1 is 1.60 bits per heavy atom. The van der Waals surface area contributed by atoms with Crippen LogP contribution in [0.1, 0.15) is 20.8 Å². The number of rotatable bonds is 0. The summed E-state index contributed by atoms with van der Waals surface area (Å²) < 4.78 is 5.14. The molecule has 1 aliphatic heterocycles. The molecule has 0 unspecified atom stereocenters. The molecule has 1 heterocycles. The minimum atomic E-state index is -0.494. The molecule has 3 nitrogen and oxygen atoms in total. The third-order valence-corrected chi connectivity index (χ3v) is 1.49. The van der Waals surface area contributed by atoms with Gasteiger partial charge in [-0.2, -0.15) is 0 Å². The molecule has 0 aromatic rings. The van der Waals surface area contributed by atoms with Crippen molar-refractivity contribution < 1.29 is 9.53 Å². The van der Waals surface area contributed by atoms with E-state index in [-0.39, 0.29) is 5.91 Å². The van der Waals surface area contributed by atoms with Crippen LogP contribution in [0.5, 0.6) is 0 Å². The smallest absolute Gasteiger partial charge is 0.226 e. The molecule has 1 aliphatic rings. The highest BCUT2D eigenvalue weighted by Gasteiger charge is 2.31. The van der Waals surface area contributed by atoms with Gasteiger partial charge in [0.2, 0.25) is 5.91 Å². The maximum atomic E-state index is 10.9. The molecule has 0 radical (unpaired) electrons. The largest absolute Gasteiger partial charge is 0.474 e. The third kappa shape index (κ3) is 0.988. The maximum Gasteiger partial charge on any atom is 0.226 e. The van der Waals surface area contributed by atoms with Crippen LogP contribution in [0, 0.1) is 0 Å². The lowest BCUT2D eigenvalue weighted by molar-refractivity contribution is -0.139. The van der Waals surface area contributed by atoms with Crippen LogP contribution in [0.2, 0.25) is 0 Å². The summed E-state index contributed by atoms with van der Waals surface area (Å²) in [5.74, 6) is -0.00116. The molecular weight excluding hydrogens is 130 g/mol. The monoisotopic (exact) mass is 141 g/mol. The number of carbonyl (C=O) groups is 1. The lowest BCUT2D eigenvalue weighted by Crippen LogP contribution is -2.40. The molecule has 1 rings (SSSR count). The normalized spacial score (nSPS) is 20.9. The van der Waals surface area contributed by atoms with Gasteiger partial charge in [-0.05, 0) is 13.8 Å². The van der Waals surface area contributed by atoms with E-state index in [1.807, 2.05) is 13.8 Å². The fourth-order valence-corrected chi connectivity index (χ4v) is 0.978. The van der Waals surface area contributed by atoms with Gasteiger partial charge in [0.05, 0.1) is 0 Å². The van der Waals surface area contributed by atoms with Gasteiger partial charge in [-0.25, -0.2) is 0 Å². The first-order chi connectivity index (χ1) is 4.54. The molecule has 56 valence electrons. The Balaban J connectivity index is 2.77. The standard InChI is InChI=1S/C7H11NO2/c1-6(9)8-4-5-10-7(8,2)3/h4-5H,1-3H3. The van der Waals surface area contributed by atoms with Crippen LogP contribution >= 0.6 is 0 Å². The van der Waals surface area contributed by atoms with Gasteiger partial charge in [0, 0.05) is 13.1 Å². The summed E-state index contributed by atoms with van der Waals surface area (Å²) in [5.41, 5.74) is -0.494. The van der Waals surface area contributed by atoms with Gasteiger partial charge in [0.25, 0.3) is 0 Å². The van der Waals surface area contributed by atoms with Crippen LogP contribution in [0.4, 0.5) is 0 Å². The predicted molar refractivity (Wildman–Crippen MR) is 36.8 cm³/mol. The van der Waals surface area contributed by atoms with Crippen LogP contribution < -0.4 is 0 Å². The summed E-state index contributed by atoms with van der Waals surface area (Å²) in [5, 5.41) is 0. The first-order valence-corrected chi connectivity index (χ1v) is 3.18. The molecule has 0 aromatic heterocycles. The number of nitrogens with zero attached hydrogens (tertiary/aromatic N) is 1. The first kappa shape index (κ1) is 7.12. The SMILES string of the molecule is CC(=O)N1C=COC1(C)C. The summed E-state index contributed by atoms with van der Waals surface area (Å²) in [6.07, 6.45) is 3.17. The fourth-order valence-electron chi connectivity index (χ4n) is 0.978. The molecule has 0 spiro atoms. The Morgan fingerprint density at radius 2 is 2.20 bits per heavy atom. The van der Waals surface area contributed by atoms with E-state index in [4.69, 9.17) is 4.74 Å². The van der Waals surface area contributed by atoms with Gasteiger partial charge in [-0.1, -0.05) is 0 Å². The molecule has 0 fully saturated rings. The number of amides is 1. The fraction of sp³-hybridized carbons (Fsp3) is 0.571. The quantitative estimate of drug-likeness (QED) is 0.505. The molecule has 3 heteroatoms. The van der Waals surface area contributed by atoms with Crippen LogP contribution in [-0.2, 0) is 9.53 Å². The van der Waals surface area contributed by atoms with Crippen LogP contribution in [0.25, 0.3) is 0 Å². The highest BCUT2D eigenvalue weighted by molar-refractivity contribution is 5.75. The topological polar surface area (TPSA) is 29.5 Å².